The molecule has 8 nitrogen and oxygen atoms in total. The van der Waals surface area contributed by atoms with Gasteiger partial charge in [0.15, 0.2) is 22.4 Å². The number of nitrogens with two attached hydrogens (primary N) is 1. The number of nitrogens with zero attached hydrogens (tertiary/aromatic N) is 7. The van der Waals surface area contributed by atoms with Gasteiger partial charge in [0.25, 0.3) is 0 Å². The Kier molecular flexibility index (Phi) is 5.51. The van der Waals surface area contributed by atoms with Crippen molar-refractivity contribution in [1.29, 1.82) is 0 Å². The molecule has 5 rings (SSSR count). The molecule has 0 bridgehead atoms. The first kappa shape index (κ1) is 20.1. The average molecular weight is 447 g/mol. The van der Waals surface area contributed by atoms with E-state index in [1.54, 1.807) is 30.2 Å². The predicted molar refractivity (Wildman–Crippen MR) is 122 cm³/mol. The molecule has 5 aromatic rings. The molecule has 0 amide bonds. The van der Waals surface area contributed by atoms with Crippen LogP contribution in [0.1, 0.15) is 6.42 Å². The summed E-state index contributed by atoms with van der Waals surface area (Å²) >= 11 is 1.60. The lowest BCUT2D eigenvalue weighted by molar-refractivity contribution is 0.627. The third kappa shape index (κ3) is 3.92. The van der Waals surface area contributed by atoms with E-state index in [9.17, 15) is 4.39 Å². The van der Waals surface area contributed by atoms with Crippen LogP contribution in [0, 0.1) is 5.82 Å². The molecule has 0 saturated carbocycles. The molecule has 10 heteroatoms. The Labute approximate surface area is 187 Å². The van der Waals surface area contributed by atoms with Gasteiger partial charge in [0.1, 0.15) is 17.7 Å². The summed E-state index contributed by atoms with van der Waals surface area (Å²) in [5, 5.41) is 9.58. The van der Waals surface area contributed by atoms with Crippen LogP contribution in [0.5, 0.6) is 0 Å². The van der Waals surface area contributed by atoms with Gasteiger partial charge < -0.3 is 10.3 Å². The Hall–Kier alpha value is -3.79. The van der Waals surface area contributed by atoms with E-state index in [0.29, 0.717) is 17.2 Å². The molecule has 0 fully saturated rings. The molecule has 0 spiro atoms. The Balaban J connectivity index is 1.36. The second-order valence-corrected chi connectivity index (χ2v) is 8.12. The van der Waals surface area contributed by atoms with Crippen LogP contribution < -0.4 is 5.73 Å². The number of aromatic nitrogens is 7. The first-order valence-electron chi connectivity index (χ1n) is 10.0. The fourth-order valence-corrected chi connectivity index (χ4v) is 4.30. The first-order valence-corrected chi connectivity index (χ1v) is 11.0. The highest BCUT2D eigenvalue weighted by molar-refractivity contribution is 7.99. The summed E-state index contributed by atoms with van der Waals surface area (Å²) in [6.45, 7) is 0.732. The number of benzene rings is 2. The normalized spacial score (nSPS) is 11.3. The van der Waals surface area contributed by atoms with Gasteiger partial charge in [-0.05, 0) is 30.7 Å². The van der Waals surface area contributed by atoms with Crippen LogP contribution in [0.3, 0.4) is 0 Å². The Morgan fingerprint density at radius 2 is 1.75 bits per heavy atom. The largest absolute Gasteiger partial charge is 0.382 e. The predicted octanol–water partition coefficient (Wildman–Crippen LogP) is 3.98. The minimum atomic E-state index is -0.283. The molecule has 32 heavy (non-hydrogen) atoms. The number of fused-ring (bicyclic) bond motifs is 1. The van der Waals surface area contributed by atoms with Gasteiger partial charge in [-0.2, -0.15) is 0 Å². The van der Waals surface area contributed by atoms with Crippen molar-refractivity contribution in [2.75, 3.05) is 11.5 Å². The molecule has 0 aliphatic carbocycles. The molecular weight excluding hydrogens is 427 g/mol. The van der Waals surface area contributed by atoms with E-state index >= 15 is 0 Å². The summed E-state index contributed by atoms with van der Waals surface area (Å²) in [4.78, 5) is 12.6. The highest BCUT2D eigenvalue weighted by atomic mass is 32.2. The van der Waals surface area contributed by atoms with E-state index in [0.717, 1.165) is 40.8 Å². The van der Waals surface area contributed by atoms with Crippen LogP contribution in [-0.4, -0.2) is 40.0 Å². The monoisotopic (exact) mass is 446 g/mol. The number of aryl methyl sites for hydroxylation is 1. The fourth-order valence-electron chi connectivity index (χ4n) is 3.42. The van der Waals surface area contributed by atoms with Gasteiger partial charge in [-0.1, -0.05) is 42.1 Å². The minimum Gasteiger partial charge on any atom is -0.382 e. The van der Waals surface area contributed by atoms with Gasteiger partial charge >= 0.3 is 0 Å². The maximum Gasteiger partial charge on any atom is 0.196 e. The van der Waals surface area contributed by atoms with Gasteiger partial charge in [0, 0.05) is 23.5 Å². The Morgan fingerprint density at radius 3 is 2.56 bits per heavy atom. The Morgan fingerprint density at radius 1 is 0.938 bits per heavy atom. The smallest absolute Gasteiger partial charge is 0.196 e. The van der Waals surface area contributed by atoms with E-state index in [4.69, 9.17) is 5.73 Å². The molecule has 0 atom stereocenters. The molecule has 0 radical (unpaired) electrons. The van der Waals surface area contributed by atoms with Crippen molar-refractivity contribution in [3.63, 3.8) is 0 Å². The highest BCUT2D eigenvalue weighted by Crippen LogP contribution is 2.28. The summed E-state index contributed by atoms with van der Waals surface area (Å²) in [6.07, 6.45) is 4.03. The number of imidazole rings is 1. The lowest BCUT2D eigenvalue weighted by atomic mass is 10.2. The molecule has 3 aromatic heterocycles. The summed E-state index contributed by atoms with van der Waals surface area (Å²) in [5.41, 5.74) is 8.95. The molecule has 2 N–H and O–H groups in total. The van der Waals surface area contributed by atoms with E-state index in [1.807, 2.05) is 39.5 Å². The quantitative estimate of drug-likeness (QED) is 0.298. The lowest BCUT2D eigenvalue weighted by Crippen LogP contribution is -2.02. The molecule has 160 valence electrons. The fraction of sp³-hybridized carbons (Fsp3) is 0.136. The van der Waals surface area contributed by atoms with Gasteiger partial charge in [-0.25, -0.2) is 19.3 Å². The number of anilines is 1. The van der Waals surface area contributed by atoms with Crippen molar-refractivity contribution >= 4 is 28.7 Å². The zero-order valence-corrected chi connectivity index (χ0v) is 17.8. The molecule has 0 aliphatic rings. The molecule has 0 unspecified atom stereocenters. The van der Waals surface area contributed by atoms with Crippen molar-refractivity contribution in [3.05, 3.63) is 73.1 Å². The maximum atomic E-state index is 13.5. The molecule has 2 aromatic carbocycles. The van der Waals surface area contributed by atoms with Crippen molar-refractivity contribution < 1.29 is 4.39 Å². The van der Waals surface area contributed by atoms with Crippen molar-refractivity contribution in [2.45, 2.75) is 18.1 Å². The van der Waals surface area contributed by atoms with Crippen LogP contribution in [-0.2, 0) is 6.54 Å². The zero-order chi connectivity index (χ0) is 21.9. The minimum absolute atomic E-state index is 0.283. The summed E-state index contributed by atoms with van der Waals surface area (Å²) < 4.78 is 17.4. The van der Waals surface area contributed by atoms with Gasteiger partial charge in [0.05, 0.1) is 6.33 Å². The van der Waals surface area contributed by atoms with Gasteiger partial charge in [0.2, 0.25) is 0 Å². The van der Waals surface area contributed by atoms with Gasteiger partial charge in [-0.15, -0.1) is 10.2 Å². The second-order valence-electron chi connectivity index (χ2n) is 7.06. The number of nitrogen functional groups attached to an aromatic ring is 1. The van der Waals surface area contributed by atoms with Crippen LogP contribution in [0.15, 0.2) is 72.4 Å². The van der Waals surface area contributed by atoms with E-state index in [-0.39, 0.29) is 5.82 Å². The average Bonchev–Trinajstić information content (AvgIpc) is 3.43. The van der Waals surface area contributed by atoms with Crippen LogP contribution in [0.25, 0.3) is 28.2 Å². The number of rotatable bonds is 7. The Bertz CT molecular complexity index is 1350. The standard InChI is InChI=1S/C22H19FN8S/c23-16-7-9-17(10-8-16)31-20(15-5-2-1-3-6-15)28-29-22(31)32-12-4-11-30-14-27-18-19(24)25-13-26-21(18)30/h1-3,5-10,13-14H,4,11-12H2,(H2,24,25,26). The second kappa shape index (κ2) is 8.75. The third-order valence-corrected chi connectivity index (χ3v) is 5.97. The van der Waals surface area contributed by atoms with E-state index in [2.05, 4.69) is 25.1 Å². The van der Waals surface area contributed by atoms with Crippen molar-refractivity contribution in [2.24, 2.45) is 0 Å². The third-order valence-electron chi connectivity index (χ3n) is 4.95. The highest BCUT2D eigenvalue weighted by Gasteiger charge is 2.16. The van der Waals surface area contributed by atoms with E-state index in [1.165, 1.54) is 18.5 Å². The molecular formula is C22H19FN8S. The van der Waals surface area contributed by atoms with Gasteiger partial charge in [-0.3, -0.25) is 4.57 Å². The summed E-state index contributed by atoms with van der Waals surface area (Å²) in [5.74, 6) is 1.61. The maximum absolute atomic E-state index is 13.5. The molecule has 0 aliphatic heterocycles. The number of halogens is 1. The summed E-state index contributed by atoms with van der Waals surface area (Å²) in [6, 6.07) is 16.2. The SMILES string of the molecule is Nc1ncnc2c1ncn2CCCSc1nnc(-c2ccccc2)n1-c1ccc(F)cc1. The lowest BCUT2D eigenvalue weighted by Gasteiger charge is -2.10. The zero-order valence-electron chi connectivity index (χ0n) is 17.0. The van der Waals surface area contributed by atoms with Crippen LogP contribution in [0.2, 0.25) is 0 Å². The number of hydrogen-bond donors (Lipinski definition) is 1. The molecule has 3 heterocycles. The van der Waals surface area contributed by atoms with E-state index < -0.39 is 0 Å². The number of hydrogen-bond acceptors (Lipinski definition) is 7. The molecule has 0 saturated heterocycles. The van der Waals surface area contributed by atoms with Crippen LogP contribution in [0.4, 0.5) is 10.2 Å². The van der Waals surface area contributed by atoms with Crippen molar-refractivity contribution in [3.8, 4) is 17.1 Å². The summed E-state index contributed by atoms with van der Waals surface area (Å²) in [7, 11) is 0. The van der Waals surface area contributed by atoms with Crippen LogP contribution >= 0.6 is 11.8 Å². The topological polar surface area (TPSA) is 100 Å². The first-order chi connectivity index (χ1) is 15.7. The van der Waals surface area contributed by atoms with Crippen molar-refractivity contribution in [1.82, 2.24) is 34.3 Å². The number of thioether (sulfide) groups is 1.